The summed E-state index contributed by atoms with van der Waals surface area (Å²) in [4.78, 5) is 0. The first-order valence-electron chi connectivity index (χ1n) is 4.45. The van der Waals surface area contributed by atoms with Crippen LogP contribution in [0.15, 0.2) is 0 Å². The Kier molecular flexibility index (Phi) is 4.50. The molecule has 0 amide bonds. The van der Waals surface area contributed by atoms with Crippen LogP contribution in [0.1, 0.15) is 13.3 Å². The van der Waals surface area contributed by atoms with Gasteiger partial charge in [0.25, 0.3) is 0 Å². The van der Waals surface area contributed by atoms with Crippen molar-refractivity contribution in [2.75, 3.05) is 32.8 Å². The van der Waals surface area contributed by atoms with Gasteiger partial charge in [-0.3, -0.25) is 0 Å². The van der Waals surface area contributed by atoms with E-state index in [0.29, 0.717) is 6.04 Å². The zero-order valence-corrected chi connectivity index (χ0v) is 7.23. The molecule has 0 saturated carbocycles. The third-order valence-corrected chi connectivity index (χ3v) is 1.94. The van der Waals surface area contributed by atoms with E-state index in [1.54, 1.807) is 0 Å². The SMILES string of the molecule is CCOCCNC1CCNC1. The van der Waals surface area contributed by atoms with Crippen molar-refractivity contribution in [2.24, 2.45) is 0 Å². The minimum atomic E-state index is 0.676. The molecule has 11 heavy (non-hydrogen) atoms. The van der Waals surface area contributed by atoms with Crippen LogP contribution in [0.4, 0.5) is 0 Å². The van der Waals surface area contributed by atoms with Crippen LogP contribution in [0.25, 0.3) is 0 Å². The molecule has 0 aromatic rings. The largest absolute Gasteiger partial charge is 0.380 e. The molecule has 1 aliphatic rings. The van der Waals surface area contributed by atoms with Gasteiger partial charge in [-0.25, -0.2) is 0 Å². The Hall–Kier alpha value is -0.120. The second-order valence-corrected chi connectivity index (χ2v) is 2.84. The van der Waals surface area contributed by atoms with Gasteiger partial charge < -0.3 is 15.4 Å². The molecule has 1 fully saturated rings. The van der Waals surface area contributed by atoms with Gasteiger partial charge in [-0.15, -0.1) is 0 Å². The molecule has 1 unspecified atom stereocenters. The van der Waals surface area contributed by atoms with Crippen molar-refractivity contribution in [3.05, 3.63) is 0 Å². The van der Waals surface area contributed by atoms with Gasteiger partial charge in [0.1, 0.15) is 0 Å². The average Bonchev–Trinajstić information content (AvgIpc) is 2.50. The van der Waals surface area contributed by atoms with Gasteiger partial charge in [0.05, 0.1) is 6.61 Å². The van der Waals surface area contributed by atoms with Gasteiger partial charge in [0, 0.05) is 25.7 Å². The van der Waals surface area contributed by atoms with E-state index in [1.165, 1.54) is 6.42 Å². The van der Waals surface area contributed by atoms with E-state index in [0.717, 1.165) is 32.8 Å². The Labute approximate surface area is 68.5 Å². The molecule has 1 atom stereocenters. The highest BCUT2D eigenvalue weighted by molar-refractivity contribution is 4.76. The molecule has 66 valence electrons. The fourth-order valence-corrected chi connectivity index (χ4v) is 1.31. The lowest BCUT2D eigenvalue weighted by Crippen LogP contribution is -2.33. The first-order valence-corrected chi connectivity index (χ1v) is 4.45. The minimum Gasteiger partial charge on any atom is -0.380 e. The van der Waals surface area contributed by atoms with Gasteiger partial charge in [-0.1, -0.05) is 0 Å². The molecular weight excluding hydrogens is 140 g/mol. The van der Waals surface area contributed by atoms with E-state index in [4.69, 9.17) is 4.74 Å². The lowest BCUT2D eigenvalue weighted by atomic mass is 10.3. The molecule has 1 aliphatic heterocycles. The van der Waals surface area contributed by atoms with Crippen LogP contribution < -0.4 is 10.6 Å². The fraction of sp³-hybridized carbons (Fsp3) is 1.00. The molecule has 3 nitrogen and oxygen atoms in total. The molecule has 0 bridgehead atoms. The molecule has 1 heterocycles. The second-order valence-electron chi connectivity index (χ2n) is 2.84. The summed E-state index contributed by atoms with van der Waals surface area (Å²) in [5.74, 6) is 0. The van der Waals surface area contributed by atoms with Gasteiger partial charge in [-0.05, 0) is 19.9 Å². The molecule has 1 rings (SSSR count). The summed E-state index contributed by atoms with van der Waals surface area (Å²) in [6.45, 7) is 6.95. The average molecular weight is 158 g/mol. The van der Waals surface area contributed by atoms with Crippen LogP contribution >= 0.6 is 0 Å². The van der Waals surface area contributed by atoms with E-state index in [9.17, 15) is 0 Å². The first-order chi connectivity index (χ1) is 5.43. The number of nitrogens with one attached hydrogen (secondary N) is 2. The normalized spacial score (nSPS) is 24.3. The summed E-state index contributed by atoms with van der Waals surface area (Å²) in [7, 11) is 0. The summed E-state index contributed by atoms with van der Waals surface area (Å²) in [5.41, 5.74) is 0. The van der Waals surface area contributed by atoms with Crippen LogP contribution in [0, 0.1) is 0 Å². The first kappa shape index (κ1) is 8.97. The Morgan fingerprint density at radius 1 is 1.64 bits per heavy atom. The molecule has 3 heteroatoms. The van der Waals surface area contributed by atoms with E-state index in [2.05, 4.69) is 10.6 Å². The number of rotatable bonds is 5. The molecular formula is C8H18N2O. The summed E-state index contributed by atoms with van der Waals surface area (Å²) < 4.78 is 5.21. The third-order valence-electron chi connectivity index (χ3n) is 1.94. The van der Waals surface area contributed by atoms with Crippen molar-refractivity contribution in [3.8, 4) is 0 Å². The molecule has 0 aromatic carbocycles. The van der Waals surface area contributed by atoms with Gasteiger partial charge >= 0.3 is 0 Å². The summed E-state index contributed by atoms with van der Waals surface area (Å²) in [6.07, 6.45) is 1.26. The molecule has 0 aromatic heterocycles. The quantitative estimate of drug-likeness (QED) is 0.551. The molecule has 0 radical (unpaired) electrons. The van der Waals surface area contributed by atoms with Gasteiger partial charge in [0.15, 0.2) is 0 Å². The van der Waals surface area contributed by atoms with Crippen molar-refractivity contribution < 1.29 is 4.74 Å². The van der Waals surface area contributed by atoms with E-state index >= 15 is 0 Å². The Morgan fingerprint density at radius 3 is 3.18 bits per heavy atom. The van der Waals surface area contributed by atoms with Crippen molar-refractivity contribution in [2.45, 2.75) is 19.4 Å². The minimum absolute atomic E-state index is 0.676. The zero-order chi connectivity index (χ0) is 7.94. The maximum Gasteiger partial charge on any atom is 0.0590 e. The fourth-order valence-electron chi connectivity index (χ4n) is 1.31. The Bertz CT molecular complexity index is 92.1. The number of hydrogen-bond donors (Lipinski definition) is 2. The molecule has 1 saturated heterocycles. The monoisotopic (exact) mass is 158 g/mol. The van der Waals surface area contributed by atoms with Gasteiger partial charge in [0.2, 0.25) is 0 Å². The molecule has 2 N–H and O–H groups in total. The van der Waals surface area contributed by atoms with Gasteiger partial charge in [-0.2, -0.15) is 0 Å². The van der Waals surface area contributed by atoms with Crippen LogP contribution in [0.5, 0.6) is 0 Å². The standard InChI is InChI=1S/C8H18N2O/c1-2-11-6-5-10-8-3-4-9-7-8/h8-10H,2-7H2,1H3. The third kappa shape index (κ3) is 3.70. The van der Waals surface area contributed by atoms with Crippen LogP contribution in [0.3, 0.4) is 0 Å². The number of hydrogen-bond acceptors (Lipinski definition) is 3. The highest BCUT2D eigenvalue weighted by Gasteiger charge is 2.12. The highest BCUT2D eigenvalue weighted by Crippen LogP contribution is 1.95. The highest BCUT2D eigenvalue weighted by atomic mass is 16.5. The second kappa shape index (κ2) is 5.52. The van der Waals surface area contributed by atoms with Crippen molar-refractivity contribution in [1.29, 1.82) is 0 Å². The predicted molar refractivity (Wildman–Crippen MR) is 45.8 cm³/mol. The van der Waals surface area contributed by atoms with Crippen LogP contribution in [0.2, 0.25) is 0 Å². The lowest BCUT2D eigenvalue weighted by Gasteiger charge is -2.10. The van der Waals surface area contributed by atoms with Crippen molar-refractivity contribution >= 4 is 0 Å². The summed E-state index contributed by atoms with van der Waals surface area (Å²) in [6, 6.07) is 0.676. The Balaban J connectivity index is 1.86. The van der Waals surface area contributed by atoms with E-state index < -0.39 is 0 Å². The summed E-state index contributed by atoms with van der Waals surface area (Å²) >= 11 is 0. The zero-order valence-electron chi connectivity index (χ0n) is 7.23. The maximum atomic E-state index is 5.21. The van der Waals surface area contributed by atoms with E-state index in [1.807, 2.05) is 6.92 Å². The van der Waals surface area contributed by atoms with Crippen LogP contribution in [-0.2, 0) is 4.74 Å². The lowest BCUT2D eigenvalue weighted by molar-refractivity contribution is 0.147. The van der Waals surface area contributed by atoms with Crippen molar-refractivity contribution in [3.63, 3.8) is 0 Å². The predicted octanol–water partition coefficient (Wildman–Crippen LogP) is -0.0256. The summed E-state index contributed by atoms with van der Waals surface area (Å²) in [5, 5.41) is 6.74. The van der Waals surface area contributed by atoms with Crippen molar-refractivity contribution in [1.82, 2.24) is 10.6 Å². The maximum absolute atomic E-state index is 5.21. The van der Waals surface area contributed by atoms with E-state index in [-0.39, 0.29) is 0 Å². The molecule has 0 spiro atoms. The molecule has 0 aliphatic carbocycles. The number of ether oxygens (including phenoxy) is 1. The smallest absolute Gasteiger partial charge is 0.0590 e. The topological polar surface area (TPSA) is 33.3 Å². The van der Waals surface area contributed by atoms with Crippen LogP contribution in [-0.4, -0.2) is 38.9 Å². The Morgan fingerprint density at radius 2 is 2.55 bits per heavy atom.